The van der Waals surface area contributed by atoms with Crippen molar-refractivity contribution >= 4 is 5.97 Å². The molecule has 0 aromatic rings. The largest absolute Gasteiger partial charge is 0.466 e. The van der Waals surface area contributed by atoms with Gasteiger partial charge in [0.25, 0.3) is 0 Å². The molecule has 4 nitrogen and oxygen atoms in total. The molecule has 0 amide bonds. The van der Waals surface area contributed by atoms with Gasteiger partial charge in [0.05, 0.1) is 19.6 Å². The van der Waals surface area contributed by atoms with Gasteiger partial charge in [-0.05, 0) is 27.2 Å². The van der Waals surface area contributed by atoms with Crippen molar-refractivity contribution in [2.45, 2.75) is 40.5 Å². The lowest BCUT2D eigenvalue weighted by molar-refractivity contribution is -0.144. The second kappa shape index (κ2) is 16.8. The van der Waals surface area contributed by atoms with Crippen LogP contribution in [0.2, 0.25) is 0 Å². The molecule has 0 aliphatic rings. The lowest BCUT2D eigenvalue weighted by Gasteiger charge is -2.00. The van der Waals surface area contributed by atoms with E-state index < -0.39 is 0 Å². The third-order valence-electron chi connectivity index (χ3n) is 1.51. The van der Waals surface area contributed by atoms with Crippen molar-refractivity contribution in [3.8, 4) is 0 Å². The average Bonchev–Trinajstić information content (AvgIpc) is 2.28. The molecule has 98 valence electrons. The standard InChI is InChI=1S/C7H14O3.C5H12O/c1-3-9-6-5-7(8)10-4-2;1-3-5-6-4-2/h3-6H2,1-2H3;3-5H2,1-2H3. The Morgan fingerprint density at radius 3 is 1.81 bits per heavy atom. The van der Waals surface area contributed by atoms with Gasteiger partial charge < -0.3 is 14.2 Å². The van der Waals surface area contributed by atoms with E-state index in [0.29, 0.717) is 26.2 Å². The Morgan fingerprint density at radius 1 is 0.875 bits per heavy atom. The molecule has 0 heterocycles. The molecule has 0 aliphatic heterocycles. The third kappa shape index (κ3) is 19.0. The normalized spacial score (nSPS) is 9.25. The van der Waals surface area contributed by atoms with E-state index in [-0.39, 0.29) is 5.97 Å². The minimum absolute atomic E-state index is 0.184. The Balaban J connectivity index is 0. The summed E-state index contributed by atoms with van der Waals surface area (Å²) in [5, 5.41) is 0. The van der Waals surface area contributed by atoms with Gasteiger partial charge in [-0.3, -0.25) is 4.79 Å². The van der Waals surface area contributed by atoms with Crippen molar-refractivity contribution < 1.29 is 19.0 Å². The SMILES string of the molecule is CCCOCC.CCOCCC(=O)OCC. The zero-order chi connectivity index (χ0) is 12.6. The predicted octanol–water partition coefficient (Wildman–Crippen LogP) is 2.41. The molecular weight excluding hydrogens is 208 g/mol. The molecule has 4 heteroatoms. The Morgan fingerprint density at radius 2 is 1.44 bits per heavy atom. The Bertz CT molecular complexity index is 133. The molecule has 0 unspecified atom stereocenters. The minimum Gasteiger partial charge on any atom is -0.466 e. The molecule has 0 aromatic carbocycles. The Hall–Kier alpha value is -0.610. The fourth-order valence-electron chi connectivity index (χ4n) is 0.822. The van der Waals surface area contributed by atoms with Crippen LogP contribution in [0.1, 0.15) is 40.5 Å². The lowest BCUT2D eigenvalue weighted by Crippen LogP contribution is -2.07. The minimum atomic E-state index is -0.184. The number of carbonyl (C=O) groups is 1. The van der Waals surface area contributed by atoms with Gasteiger partial charge in [-0.15, -0.1) is 0 Å². The highest BCUT2D eigenvalue weighted by Gasteiger charge is 1.98. The monoisotopic (exact) mass is 234 g/mol. The van der Waals surface area contributed by atoms with E-state index in [1.165, 1.54) is 0 Å². The summed E-state index contributed by atoms with van der Waals surface area (Å²) in [6, 6.07) is 0. The quantitative estimate of drug-likeness (QED) is 0.478. The van der Waals surface area contributed by atoms with Gasteiger partial charge >= 0.3 is 5.97 Å². The van der Waals surface area contributed by atoms with Crippen LogP contribution in [0, 0.1) is 0 Å². The first-order valence-electron chi connectivity index (χ1n) is 6.03. The molecule has 0 bridgehead atoms. The summed E-state index contributed by atoms with van der Waals surface area (Å²) in [6.45, 7) is 11.1. The number of carbonyl (C=O) groups excluding carboxylic acids is 1. The summed E-state index contributed by atoms with van der Waals surface area (Å²) in [5.41, 5.74) is 0. The second-order valence-electron chi connectivity index (χ2n) is 2.95. The Labute approximate surface area is 99.3 Å². The van der Waals surface area contributed by atoms with Crippen LogP contribution in [0.4, 0.5) is 0 Å². The predicted molar refractivity (Wildman–Crippen MR) is 64.5 cm³/mol. The summed E-state index contributed by atoms with van der Waals surface area (Å²) < 4.78 is 14.6. The van der Waals surface area contributed by atoms with Crippen LogP contribution in [-0.4, -0.2) is 39.0 Å². The van der Waals surface area contributed by atoms with Crippen molar-refractivity contribution in [2.24, 2.45) is 0 Å². The number of hydrogen-bond acceptors (Lipinski definition) is 4. The Kier molecular flexibility index (Phi) is 18.7. The van der Waals surface area contributed by atoms with Gasteiger partial charge in [0.1, 0.15) is 0 Å². The zero-order valence-corrected chi connectivity index (χ0v) is 11.1. The molecule has 16 heavy (non-hydrogen) atoms. The highest BCUT2D eigenvalue weighted by Crippen LogP contribution is 1.86. The molecule has 0 spiro atoms. The summed E-state index contributed by atoms with van der Waals surface area (Å²) in [4.78, 5) is 10.6. The molecule has 0 aromatic heterocycles. The van der Waals surface area contributed by atoms with Gasteiger partial charge in [0.2, 0.25) is 0 Å². The van der Waals surface area contributed by atoms with Gasteiger partial charge in [0.15, 0.2) is 0 Å². The van der Waals surface area contributed by atoms with Gasteiger partial charge in [-0.2, -0.15) is 0 Å². The van der Waals surface area contributed by atoms with Crippen molar-refractivity contribution in [3.63, 3.8) is 0 Å². The van der Waals surface area contributed by atoms with Gasteiger partial charge in [-0.1, -0.05) is 6.92 Å². The fourth-order valence-corrected chi connectivity index (χ4v) is 0.822. The number of esters is 1. The third-order valence-corrected chi connectivity index (χ3v) is 1.51. The maximum absolute atomic E-state index is 10.6. The van der Waals surface area contributed by atoms with Crippen LogP contribution in [0.5, 0.6) is 0 Å². The molecule has 0 atom stereocenters. The van der Waals surface area contributed by atoms with E-state index in [4.69, 9.17) is 9.47 Å². The molecule has 0 saturated carbocycles. The first kappa shape index (κ1) is 17.8. The van der Waals surface area contributed by atoms with Crippen molar-refractivity contribution in [2.75, 3.05) is 33.0 Å². The van der Waals surface area contributed by atoms with Crippen molar-refractivity contribution in [1.82, 2.24) is 0 Å². The van der Waals surface area contributed by atoms with Crippen molar-refractivity contribution in [1.29, 1.82) is 0 Å². The van der Waals surface area contributed by atoms with Crippen LogP contribution >= 0.6 is 0 Å². The second-order valence-corrected chi connectivity index (χ2v) is 2.95. The molecule has 0 radical (unpaired) electrons. The van der Waals surface area contributed by atoms with Crippen LogP contribution in [0.25, 0.3) is 0 Å². The molecule has 0 rings (SSSR count). The fraction of sp³-hybridized carbons (Fsp3) is 0.917. The van der Waals surface area contributed by atoms with Gasteiger partial charge in [-0.25, -0.2) is 0 Å². The summed E-state index contributed by atoms with van der Waals surface area (Å²) in [7, 11) is 0. The van der Waals surface area contributed by atoms with Crippen molar-refractivity contribution in [3.05, 3.63) is 0 Å². The number of rotatable bonds is 8. The molecule has 0 saturated heterocycles. The summed E-state index contributed by atoms with van der Waals surface area (Å²) >= 11 is 0. The maximum Gasteiger partial charge on any atom is 0.308 e. The van der Waals surface area contributed by atoms with Crippen LogP contribution < -0.4 is 0 Å². The first-order valence-corrected chi connectivity index (χ1v) is 6.03. The van der Waals surface area contributed by atoms with Crippen LogP contribution in [-0.2, 0) is 19.0 Å². The summed E-state index contributed by atoms with van der Waals surface area (Å²) in [5.74, 6) is -0.184. The number of hydrogen-bond donors (Lipinski definition) is 0. The highest BCUT2D eigenvalue weighted by molar-refractivity contribution is 5.69. The lowest BCUT2D eigenvalue weighted by atomic mass is 10.5. The van der Waals surface area contributed by atoms with Crippen LogP contribution in [0.15, 0.2) is 0 Å². The van der Waals surface area contributed by atoms with E-state index in [2.05, 4.69) is 11.7 Å². The van der Waals surface area contributed by atoms with Gasteiger partial charge in [0, 0.05) is 19.8 Å². The van der Waals surface area contributed by atoms with E-state index >= 15 is 0 Å². The average molecular weight is 234 g/mol. The van der Waals surface area contributed by atoms with E-state index in [1.54, 1.807) is 6.92 Å². The maximum atomic E-state index is 10.6. The number of ether oxygens (including phenoxy) is 3. The van der Waals surface area contributed by atoms with E-state index in [9.17, 15) is 4.79 Å². The molecular formula is C12H26O4. The topological polar surface area (TPSA) is 44.8 Å². The first-order chi connectivity index (χ1) is 7.72. The molecule has 0 fully saturated rings. The molecule has 0 N–H and O–H groups in total. The van der Waals surface area contributed by atoms with E-state index in [0.717, 1.165) is 19.6 Å². The zero-order valence-electron chi connectivity index (χ0n) is 11.1. The molecule has 0 aliphatic carbocycles. The highest BCUT2D eigenvalue weighted by atomic mass is 16.5. The summed E-state index contributed by atoms with van der Waals surface area (Å²) in [6.07, 6.45) is 1.50. The smallest absolute Gasteiger partial charge is 0.308 e. The van der Waals surface area contributed by atoms with Crippen LogP contribution in [0.3, 0.4) is 0 Å². The van der Waals surface area contributed by atoms with E-state index in [1.807, 2.05) is 13.8 Å².